The average molecular weight is 392 g/mol. The van der Waals surface area contributed by atoms with E-state index in [1.165, 1.54) is 24.1 Å². The molecule has 1 N–H and O–H groups in total. The summed E-state index contributed by atoms with van der Waals surface area (Å²) in [7, 11) is 0. The molecule has 5 heteroatoms. The zero-order valence-corrected chi connectivity index (χ0v) is 16.8. The number of hydrogen-bond donors (Lipinski definition) is 1. The van der Waals surface area contributed by atoms with Crippen LogP contribution in [0.3, 0.4) is 0 Å². The third-order valence-electron chi connectivity index (χ3n) is 6.55. The SMILES string of the molecule is O=C(CN1CCC[C@H]1CN1CCc2ccccc21)N[C@H]1CCOc2ccccc21. The second-order valence-corrected chi connectivity index (χ2v) is 8.39. The highest BCUT2D eigenvalue weighted by Crippen LogP contribution is 2.32. The smallest absolute Gasteiger partial charge is 0.234 e. The van der Waals surface area contributed by atoms with Crippen molar-refractivity contribution in [2.24, 2.45) is 0 Å². The van der Waals surface area contributed by atoms with E-state index in [9.17, 15) is 4.79 Å². The lowest BCUT2D eigenvalue weighted by Gasteiger charge is -2.31. The summed E-state index contributed by atoms with van der Waals surface area (Å²) in [4.78, 5) is 17.7. The number of fused-ring (bicyclic) bond motifs is 2. The lowest BCUT2D eigenvalue weighted by molar-refractivity contribution is -0.123. The highest BCUT2D eigenvalue weighted by molar-refractivity contribution is 5.78. The van der Waals surface area contributed by atoms with Crippen molar-refractivity contribution < 1.29 is 9.53 Å². The van der Waals surface area contributed by atoms with Crippen LogP contribution in [0.4, 0.5) is 5.69 Å². The normalized spacial score (nSPS) is 23.4. The summed E-state index contributed by atoms with van der Waals surface area (Å²) in [5, 5.41) is 3.26. The van der Waals surface area contributed by atoms with Crippen molar-refractivity contribution in [1.82, 2.24) is 10.2 Å². The first-order chi connectivity index (χ1) is 14.3. The van der Waals surface area contributed by atoms with Gasteiger partial charge in [0.2, 0.25) is 5.91 Å². The fourth-order valence-corrected chi connectivity index (χ4v) is 5.08. The molecule has 1 fully saturated rings. The van der Waals surface area contributed by atoms with E-state index < -0.39 is 0 Å². The fourth-order valence-electron chi connectivity index (χ4n) is 5.08. The van der Waals surface area contributed by atoms with Gasteiger partial charge in [0.05, 0.1) is 19.2 Å². The molecule has 5 nitrogen and oxygen atoms in total. The van der Waals surface area contributed by atoms with Crippen LogP contribution < -0.4 is 15.0 Å². The number of benzene rings is 2. The van der Waals surface area contributed by atoms with Crippen LogP contribution in [0.1, 0.15) is 36.4 Å². The van der Waals surface area contributed by atoms with Crippen LogP contribution in [0.5, 0.6) is 5.75 Å². The monoisotopic (exact) mass is 391 g/mol. The number of ether oxygens (including phenoxy) is 1. The molecule has 3 aliphatic heterocycles. The van der Waals surface area contributed by atoms with Gasteiger partial charge in [-0.2, -0.15) is 0 Å². The van der Waals surface area contributed by atoms with Crippen molar-refractivity contribution in [2.75, 3.05) is 37.7 Å². The Balaban J connectivity index is 1.20. The van der Waals surface area contributed by atoms with Gasteiger partial charge < -0.3 is 15.0 Å². The highest BCUT2D eigenvalue weighted by Gasteiger charge is 2.31. The molecule has 0 bridgehead atoms. The van der Waals surface area contributed by atoms with E-state index in [-0.39, 0.29) is 11.9 Å². The summed E-state index contributed by atoms with van der Waals surface area (Å²) in [5.41, 5.74) is 3.93. The van der Waals surface area contributed by atoms with Crippen molar-refractivity contribution >= 4 is 11.6 Å². The molecule has 0 spiro atoms. The third kappa shape index (κ3) is 3.84. The first-order valence-corrected chi connectivity index (χ1v) is 10.9. The standard InChI is InChI=1S/C24H29N3O2/c28-24(25-21-12-15-29-23-10-4-2-8-20(21)23)17-26-13-5-7-19(26)16-27-14-11-18-6-1-3-9-22(18)27/h1-4,6,8-10,19,21H,5,7,11-17H2,(H,25,28)/t19-,21-/m0/s1. The summed E-state index contributed by atoms with van der Waals surface area (Å²) >= 11 is 0. The van der Waals surface area contributed by atoms with Gasteiger partial charge in [0.15, 0.2) is 0 Å². The number of para-hydroxylation sites is 2. The number of hydrogen-bond acceptors (Lipinski definition) is 4. The Kier molecular flexibility index (Phi) is 5.15. The molecule has 5 rings (SSSR count). The maximum absolute atomic E-state index is 12.9. The maximum atomic E-state index is 12.9. The molecule has 2 aromatic carbocycles. The lowest BCUT2D eigenvalue weighted by Crippen LogP contribution is -2.45. The van der Waals surface area contributed by atoms with Crippen molar-refractivity contribution in [3.63, 3.8) is 0 Å². The quantitative estimate of drug-likeness (QED) is 0.851. The Morgan fingerprint density at radius 3 is 2.90 bits per heavy atom. The van der Waals surface area contributed by atoms with Crippen molar-refractivity contribution in [2.45, 2.75) is 37.8 Å². The zero-order chi connectivity index (χ0) is 19.6. The Bertz CT molecular complexity index is 884. The van der Waals surface area contributed by atoms with Gasteiger partial charge in [-0.1, -0.05) is 36.4 Å². The predicted octanol–water partition coefficient (Wildman–Crippen LogP) is 3.15. The number of nitrogens with one attached hydrogen (secondary N) is 1. The highest BCUT2D eigenvalue weighted by atomic mass is 16.5. The van der Waals surface area contributed by atoms with Gasteiger partial charge in [0.25, 0.3) is 0 Å². The molecule has 0 saturated carbocycles. The summed E-state index contributed by atoms with van der Waals surface area (Å²) in [6, 6.07) is 17.3. The van der Waals surface area contributed by atoms with Crippen LogP contribution in [0, 0.1) is 0 Å². The topological polar surface area (TPSA) is 44.8 Å². The molecule has 2 atom stereocenters. The minimum Gasteiger partial charge on any atom is -0.493 e. The molecule has 0 unspecified atom stereocenters. The molecule has 0 aromatic heterocycles. The van der Waals surface area contributed by atoms with Crippen molar-refractivity contribution in [3.05, 3.63) is 59.7 Å². The van der Waals surface area contributed by atoms with Gasteiger partial charge >= 0.3 is 0 Å². The molecule has 1 saturated heterocycles. The zero-order valence-electron chi connectivity index (χ0n) is 16.8. The van der Waals surface area contributed by atoms with Crippen LogP contribution in [0.25, 0.3) is 0 Å². The molecule has 152 valence electrons. The van der Waals surface area contributed by atoms with Crippen LogP contribution in [-0.4, -0.2) is 49.6 Å². The number of amides is 1. The summed E-state index contributed by atoms with van der Waals surface area (Å²) in [6.07, 6.45) is 4.31. The van der Waals surface area contributed by atoms with Gasteiger partial charge in [-0.05, 0) is 43.5 Å². The molecule has 1 amide bonds. The maximum Gasteiger partial charge on any atom is 0.234 e. The van der Waals surface area contributed by atoms with E-state index in [1.807, 2.05) is 18.2 Å². The van der Waals surface area contributed by atoms with E-state index in [1.54, 1.807) is 0 Å². The number of likely N-dealkylation sites (tertiary alicyclic amines) is 1. The van der Waals surface area contributed by atoms with Crippen LogP contribution in [-0.2, 0) is 11.2 Å². The second-order valence-electron chi connectivity index (χ2n) is 8.39. The van der Waals surface area contributed by atoms with E-state index in [0.717, 1.165) is 43.8 Å². The number of nitrogens with zero attached hydrogens (tertiary/aromatic N) is 2. The van der Waals surface area contributed by atoms with E-state index in [4.69, 9.17) is 4.74 Å². The van der Waals surface area contributed by atoms with Gasteiger partial charge in [0.1, 0.15) is 5.75 Å². The molecule has 0 radical (unpaired) electrons. The molecular formula is C24H29N3O2. The Hall–Kier alpha value is -2.53. The number of anilines is 1. The first-order valence-electron chi connectivity index (χ1n) is 10.9. The van der Waals surface area contributed by atoms with Crippen LogP contribution >= 0.6 is 0 Å². The Morgan fingerprint density at radius 1 is 1.07 bits per heavy atom. The Labute approximate surface area is 172 Å². The lowest BCUT2D eigenvalue weighted by atomic mass is 10.0. The Morgan fingerprint density at radius 2 is 1.93 bits per heavy atom. The first kappa shape index (κ1) is 18.5. The molecular weight excluding hydrogens is 362 g/mol. The average Bonchev–Trinajstić information content (AvgIpc) is 3.36. The number of carbonyl (C=O) groups excluding carboxylic acids is 1. The van der Waals surface area contributed by atoms with Crippen molar-refractivity contribution in [3.8, 4) is 5.75 Å². The van der Waals surface area contributed by atoms with Gasteiger partial charge in [-0.3, -0.25) is 9.69 Å². The summed E-state index contributed by atoms with van der Waals surface area (Å²) < 4.78 is 5.72. The minimum absolute atomic E-state index is 0.0546. The molecule has 0 aliphatic carbocycles. The van der Waals surface area contributed by atoms with Gasteiger partial charge in [0, 0.05) is 36.8 Å². The van der Waals surface area contributed by atoms with Crippen LogP contribution in [0.2, 0.25) is 0 Å². The van der Waals surface area contributed by atoms with E-state index in [0.29, 0.717) is 19.2 Å². The largest absolute Gasteiger partial charge is 0.493 e. The summed E-state index contributed by atoms with van der Waals surface area (Å²) in [6.45, 7) is 4.26. The molecule has 29 heavy (non-hydrogen) atoms. The minimum atomic E-state index is 0.0546. The number of carbonyl (C=O) groups is 1. The van der Waals surface area contributed by atoms with Gasteiger partial charge in [-0.15, -0.1) is 0 Å². The van der Waals surface area contributed by atoms with Gasteiger partial charge in [-0.25, -0.2) is 0 Å². The fraction of sp³-hybridized carbons (Fsp3) is 0.458. The second kappa shape index (κ2) is 8.07. The predicted molar refractivity (Wildman–Crippen MR) is 114 cm³/mol. The molecule has 3 aliphatic rings. The molecule has 2 aromatic rings. The number of rotatable bonds is 5. The molecule has 3 heterocycles. The van der Waals surface area contributed by atoms with Crippen LogP contribution in [0.15, 0.2) is 48.5 Å². The van der Waals surface area contributed by atoms with Crippen molar-refractivity contribution in [1.29, 1.82) is 0 Å². The van der Waals surface area contributed by atoms with E-state index in [2.05, 4.69) is 45.4 Å². The summed E-state index contributed by atoms with van der Waals surface area (Å²) in [5.74, 6) is 1.02. The van der Waals surface area contributed by atoms with E-state index >= 15 is 0 Å². The third-order valence-corrected chi connectivity index (χ3v) is 6.55.